The summed E-state index contributed by atoms with van der Waals surface area (Å²) >= 11 is 0. The van der Waals surface area contributed by atoms with Crippen molar-refractivity contribution in [2.24, 2.45) is 11.7 Å². The molecule has 0 radical (unpaired) electrons. The van der Waals surface area contributed by atoms with Crippen LogP contribution in [-0.4, -0.2) is 24.6 Å². The van der Waals surface area contributed by atoms with Gasteiger partial charge >= 0.3 is 0 Å². The number of benzene rings is 1. The SMILES string of the molecule is CC(C)C[C@@H](N)C(=O)NCC1Cc2ccccc2O1. The molecule has 2 atom stereocenters. The topological polar surface area (TPSA) is 64.4 Å². The lowest BCUT2D eigenvalue weighted by molar-refractivity contribution is -0.123. The molecule has 1 heterocycles. The van der Waals surface area contributed by atoms with E-state index >= 15 is 0 Å². The van der Waals surface area contributed by atoms with E-state index in [0.29, 0.717) is 18.9 Å². The number of hydrogen-bond donors (Lipinski definition) is 2. The fourth-order valence-corrected chi connectivity index (χ4v) is 2.33. The van der Waals surface area contributed by atoms with E-state index in [1.54, 1.807) is 0 Å². The molecule has 104 valence electrons. The third-order valence-electron chi connectivity index (χ3n) is 3.28. The fraction of sp³-hybridized carbons (Fsp3) is 0.533. The largest absolute Gasteiger partial charge is 0.488 e. The van der Waals surface area contributed by atoms with Gasteiger partial charge in [-0.3, -0.25) is 4.79 Å². The van der Waals surface area contributed by atoms with E-state index in [0.717, 1.165) is 12.2 Å². The second kappa shape index (κ2) is 6.06. The molecular weight excluding hydrogens is 240 g/mol. The third kappa shape index (κ3) is 3.70. The maximum Gasteiger partial charge on any atom is 0.237 e. The van der Waals surface area contributed by atoms with E-state index < -0.39 is 6.04 Å². The van der Waals surface area contributed by atoms with Gasteiger partial charge in [0, 0.05) is 6.42 Å². The van der Waals surface area contributed by atoms with Crippen molar-refractivity contribution < 1.29 is 9.53 Å². The molecule has 0 aromatic heterocycles. The lowest BCUT2D eigenvalue weighted by Gasteiger charge is -2.16. The molecule has 0 aliphatic carbocycles. The first-order chi connectivity index (χ1) is 9.06. The molecule has 0 saturated heterocycles. The van der Waals surface area contributed by atoms with Gasteiger partial charge in [0.15, 0.2) is 0 Å². The fourth-order valence-electron chi connectivity index (χ4n) is 2.33. The Labute approximate surface area is 114 Å². The van der Waals surface area contributed by atoms with Gasteiger partial charge in [0.2, 0.25) is 5.91 Å². The van der Waals surface area contributed by atoms with Crippen LogP contribution in [-0.2, 0) is 11.2 Å². The zero-order valence-electron chi connectivity index (χ0n) is 11.6. The van der Waals surface area contributed by atoms with Crippen LogP contribution in [0, 0.1) is 5.92 Å². The van der Waals surface area contributed by atoms with E-state index in [1.807, 2.05) is 18.2 Å². The quantitative estimate of drug-likeness (QED) is 0.845. The molecule has 1 aromatic rings. The first-order valence-electron chi connectivity index (χ1n) is 6.84. The second-order valence-electron chi connectivity index (χ2n) is 5.53. The van der Waals surface area contributed by atoms with Crippen LogP contribution in [0.3, 0.4) is 0 Å². The summed E-state index contributed by atoms with van der Waals surface area (Å²) in [6.45, 7) is 4.63. The van der Waals surface area contributed by atoms with Gasteiger partial charge in [-0.25, -0.2) is 0 Å². The van der Waals surface area contributed by atoms with Gasteiger partial charge in [0.1, 0.15) is 11.9 Å². The Hall–Kier alpha value is -1.55. The summed E-state index contributed by atoms with van der Waals surface area (Å²) in [5, 5.41) is 2.88. The molecular formula is C15H22N2O2. The Morgan fingerprint density at radius 1 is 1.47 bits per heavy atom. The second-order valence-corrected chi connectivity index (χ2v) is 5.53. The summed E-state index contributed by atoms with van der Waals surface area (Å²) in [6.07, 6.45) is 1.57. The van der Waals surface area contributed by atoms with Gasteiger partial charge < -0.3 is 15.8 Å². The number of hydrogen-bond acceptors (Lipinski definition) is 3. The summed E-state index contributed by atoms with van der Waals surface area (Å²) in [7, 11) is 0. The average Bonchev–Trinajstić information content (AvgIpc) is 2.77. The molecule has 3 N–H and O–H groups in total. The van der Waals surface area contributed by atoms with E-state index in [9.17, 15) is 4.79 Å². The monoisotopic (exact) mass is 262 g/mol. The highest BCUT2D eigenvalue weighted by atomic mass is 16.5. The van der Waals surface area contributed by atoms with Gasteiger partial charge in [-0.2, -0.15) is 0 Å². The lowest BCUT2D eigenvalue weighted by Crippen LogP contribution is -2.44. The van der Waals surface area contributed by atoms with Crippen molar-refractivity contribution in [3.05, 3.63) is 29.8 Å². The number of nitrogens with two attached hydrogens (primary N) is 1. The molecule has 1 unspecified atom stereocenters. The van der Waals surface area contributed by atoms with Crippen LogP contribution >= 0.6 is 0 Å². The van der Waals surface area contributed by atoms with Crippen molar-refractivity contribution in [3.63, 3.8) is 0 Å². The lowest BCUT2D eigenvalue weighted by atomic mass is 10.0. The highest BCUT2D eigenvalue weighted by molar-refractivity contribution is 5.81. The van der Waals surface area contributed by atoms with E-state index in [4.69, 9.17) is 10.5 Å². The molecule has 0 spiro atoms. The predicted octanol–water partition coefficient (Wildman–Crippen LogP) is 1.48. The molecule has 1 aliphatic rings. The molecule has 1 amide bonds. The van der Waals surface area contributed by atoms with Crippen molar-refractivity contribution in [1.29, 1.82) is 0 Å². The number of rotatable bonds is 5. The minimum absolute atomic E-state index is 0.0209. The van der Waals surface area contributed by atoms with Crippen LogP contribution in [0.15, 0.2) is 24.3 Å². The van der Waals surface area contributed by atoms with E-state index in [1.165, 1.54) is 5.56 Å². The summed E-state index contributed by atoms with van der Waals surface area (Å²) in [5.41, 5.74) is 7.04. The summed E-state index contributed by atoms with van der Waals surface area (Å²) in [6, 6.07) is 7.55. The smallest absolute Gasteiger partial charge is 0.237 e. The van der Waals surface area contributed by atoms with E-state index in [-0.39, 0.29) is 12.0 Å². The minimum atomic E-state index is -0.427. The van der Waals surface area contributed by atoms with E-state index in [2.05, 4.69) is 25.2 Å². The van der Waals surface area contributed by atoms with Crippen molar-refractivity contribution in [2.45, 2.75) is 38.8 Å². The van der Waals surface area contributed by atoms with Crippen molar-refractivity contribution in [1.82, 2.24) is 5.32 Å². The average molecular weight is 262 g/mol. The molecule has 1 aromatic carbocycles. The van der Waals surface area contributed by atoms with Crippen LogP contribution in [0.2, 0.25) is 0 Å². The van der Waals surface area contributed by atoms with Crippen LogP contribution in [0.1, 0.15) is 25.8 Å². The zero-order valence-corrected chi connectivity index (χ0v) is 11.6. The summed E-state index contributed by atoms with van der Waals surface area (Å²) < 4.78 is 5.76. The number of carbonyl (C=O) groups is 1. The molecule has 0 bridgehead atoms. The Morgan fingerprint density at radius 2 is 2.21 bits per heavy atom. The van der Waals surface area contributed by atoms with Crippen molar-refractivity contribution >= 4 is 5.91 Å². The summed E-state index contributed by atoms with van der Waals surface area (Å²) in [5.74, 6) is 1.26. The molecule has 0 saturated carbocycles. The molecule has 2 rings (SSSR count). The van der Waals surface area contributed by atoms with Crippen molar-refractivity contribution in [2.75, 3.05) is 6.54 Å². The van der Waals surface area contributed by atoms with Gasteiger partial charge in [0.25, 0.3) is 0 Å². The van der Waals surface area contributed by atoms with Gasteiger partial charge in [-0.15, -0.1) is 0 Å². The van der Waals surface area contributed by atoms with Gasteiger partial charge in [-0.05, 0) is 24.0 Å². The number of fused-ring (bicyclic) bond motifs is 1. The van der Waals surface area contributed by atoms with Gasteiger partial charge in [-0.1, -0.05) is 32.0 Å². The highest BCUT2D eigenvalue weighted by Gasteiger charge is 2.23. The predicted molar refractivity (Wildman–Crippen MR) is 75.0 cm³/mol. The zero-order chi connectivity index (χ0) is 13.8. The molecule has 1 aliphatic heterocycles. The molecule has 4 nitrogen and oxygen atoms in total. The van der Waals surface area contributed by atoms with Gasteiger partial charge in [0.05, 0.1) is 12.6 Å². The Morgan fingerprint density at radius 3 is 2.89 bits per heavy atom. The standard InChI is InChI=1S/C15H22N2O2/c1-10(2)7-13(16)15(18)17-9-12-8-11-5-3-4-6-14(11)19-12/h3-6,10,12-13H,7-9,16H2,1-2H3,(H,17,18)/t12?,13-/m1/s1. The minimum Gasteiger partial charge on any atom is -0.488 e. The Kier molecular flexibility index (Phi) is 4.43. The highest BCUT2D eigenvalue weighted by Crippen LogP contribution is 2.27. The number of amides is 1. The third-order valence-corrected chi connectivity index (χ3v) is 3.28. The van der Waals surface area contributed by atoms with Crippen LogP contribution in [0.5, 0.6) is 5.75 Å². The number of carbonyl (C=O) groups excluding carboxylic acids is 1. The maximum atomic E-state index is 11.8. The maximum absolute atomic E-state index is 11.8. The normalized spacial score (nSPS) is 18.8. The summed E-state index contributed by atoms with van der Waals surface area (Å²) in [4.78, 5) is 11.8. The molecule has 0 fully saturated rings. The van der Waals surface area contributed by atoms with Crippen LogP contribution in [0.25, 0.3) is 0 Å². The molecule has 4 heteroatoms. The Balaban J connectivity index is 1.77. The molecule has 19 heavy (non-hydrogen) atoms. The van der Waals surface area contributed by atoms with Crippen LogP contribution in [0.4, 0.5) is 0 Å². The first kappa shape index (κ1) is 13.9. The number of para-hydroxylation sites is 1. The first-order valence-corrected chi connectivity index (χ1v) is 6.84. The van der Waals surface area contributed by atoms with Crippen molar-refractivity contribution in [3.8, 4) is 5.75 Å². The van der Waals surface area contributed by atoms with Crippen LogP contribution < -0.4 is 15.8 Å². The number of nitrogens with one attached hydrogen (secondary N) is 1. The number of ether oxygens (including phenoxy) is 1. The Bertz CT molecular complexity index is 421.